The molecule has 2 amide bonds. The number of nitrogens with one attached hydrogen (secondary N) is 1. The summed E-state index contributed by atoms with van der Waals surface area (Å²) in [4.78, 5) is 16.2. The van der Waals surface area contributed by atoms with Gasteiger partial charge in [-0.25, -0.2) is 4.79 Å². The van der Waals surface area contributed by atoms with E-state index in [0.717, 1.165) is 19.5 Å². The van der Waals surface area contributed by atoms with Gasteiger partial charge in [0.2, 0.25) is 0 Å². The second-order valence-electron chi connectivity index (χ2n) is 8.08. The maximum absolute atomic E-state index is 12.2. The summed E-state index contributed by atoms with van der Waals surface area (Å²) in [6.45, 7) is 10.5. The van der Waals surface area contributed by atoms with Crippen LogP contribution < -0.4 is 5.32 Å². The fourth-order valence-corrected chi connectivity index (χ4v) is 3.20. The van der Waals surface area contributed by atoms with Crippen molar-refractivity contribution in [2.75, 3.05) is 26.7 Å². The van der Waals surface area contributed by atoms with Gasteiger partial charge in [0, 0.05) is 32.2 Å². The number of rotatable bonds is 5. The van der Waals surface area contributed by atoms with Crippen molar-refractivity contribution in [1.82, 2.24) is 15.1 Å². The summed E-state index contributed by atoms with van der Waals surface area (Å²) in [5.74, 6) is 0. The van der Waals surface area contributed by atoms with Gasteiger partial charge in [0.25, 0.3) is 0 Å². The number of amides is 2. The van der Waals surface area contributed by atoms with Crippen LogP contribution in [0.15, 0.2) is 24.3 Å². The second kappa shape index (κ2) is 7.11. The number of hydrogen-bond donors (Lipinski definition) is 2. The fraction of sp³-hybridized carbons (Fsp3) is 0.632. The van der Waals surface area contributed by atoms with Gasteiger partial charge in [-0.1, -0.05) is 24.3 Å². The minimum atomic E-state index is -0.891. The highest BCUT2D eigenvalue weighted by atomic mass is 16.3. The minimum absolute atomic E-state index is 0.126. The molecule has 5 heteroatoms. The lowest BCUT2D eigenvalue weighted by Gasteiger charge is -2.42. The molecule has 0 unspecified atom stereocenters. The number of benzene rings is 1. The Labute approximate surface area is 145 Å². The zero-order valence-corrected chi connectivity index (χ0v) is 15.6. The number of urea groups is 1. The third-order valence-electron chi connectivity index (χ3n) is 4.63. The molecule has 1 heterocycles. The van der Waals surface area contributed by atoms with E-state index in [1.54, 1.807) is 20.9 Å². The van der Waals surface area contributed by atoms with Crippen LogP contribution in [0.25, 0.3) is 0 Å². The van der Waals surface area contributed by atoms with E-state index in [-0.39, 0.29) is 11.6 Å². The fourth-order valence-electron chi connectivity index (χ4n) is 3.20. The summed E-state index contributed by atoms with van der Waals surface area (Å²) in [6, 6.07) is 8.42. The highest BCUT2D eigenvalue weighted by molar-refractivity contribution is 5.74. The zero-order chi connectivity index (χ0) is 18.0. The van der Waals surface area contributed by atoms with E-state index in [2.05, 4.69) is 48.3 Å². The molecule has 2 rings (SSSR count). The third kappa shape index (κ3) is 4.95. The van der Waals surface area contributed by atoms with E-state index >= 15 is 0 Å². The van der Waals surface area contributed by atoms with Crippen molar-refractivity contribution in [1.29, 1.82) is 0 Å². The van der Waals surface area contributed by atoms with Crippen LogP contribution >= 0.6 is 0 Å². The van der Waals surface area contributed by atoms with E-state index in [0.29, 0.717) is 13.1 Å². The Balaban J connectivity index is 1.91. The molecule has 24 heavy (non-hydrogen) atoms. The molecule has 0 radical (unpaired) electrons. The van der Waals surface area contributed by atoms with Crippen LogP contribution in [0.3, 0.4) is 0 Å². The monoisotopic (exact) mass is 333 g/mol. The maximum atomic E-state index is 12.2. The van der Waals surface area contributed by atoms with Crippen molar-refractivity contribution < 1.29 is 9.90 Å². The smallest absolute Gasteiger partial charge is 0.317 e. The van der Waals surface area contributed by atoms with E-state index in [1.807, 2.05) is 0 Å². The molecule has 0 bridgehead atoms. The largest absolute Gasteiger partial charge is 0.389 e. The number of hydrogen-bond acceptors (Lipinski definition) is 3. The first-order valence-corrected chi connectivity index (χ1v) is 8.62. The summed E-state index contributed by atoms with van der Waals surface area (Å²) in [6.07, 6.45) is 1.05. The molecule has 1 aromatic carbocycles. The highest BCUT2D eigenvalue weighted by Crippen LogP contribution is 2.24. The molecule has 0 atom stereocenters. The Bertz CT molecular complexity index is 578. The molecule has 0 aromatic heterocycles. The first-order valence-electron chi connectivity index (χ1n) is 8.62. The summed E-state index contributed by atoms with van der Waals surface area (Å²) in [7, 11) is 1.71. The van der Waals surface area contributed by atoms with Crippen LogP contribution in [-0.4, -0.2) is 58.8 Å². The Kier molecular flexibility index (Phi) is 5.56. The van der Waals surface area contributed by atoms with Crippen molar-refractivity contribution in [2.24, 2.45) is 0 Å². The number of carbonyl (C=O) groups is 1. The standard InChI is InChI=1S/C19H31N3O2/c1-18(2,13-20-17(23)21(5)14-19(3,4)24)22-11-10-15-8-6-7-9-16(15)12-22/h6-9,24H,10-14H2,1-5H3,(H,20,23). The Morgan fingerprint density at radius 3 is 2.50 bits per heavy atom. The molecule has 0 aliphatic carbocycles. The van der Waals surface area contributed by atoms with Gasteiger partial charge >= 0.3 is 6.03 Å². The van der Waals surface area contributed by atoms with Crippen molar-refractivity contribution in [3.8, 4) is 0 Å². The van der Waals surface area contributed by atoms with E-state index in [4.69, 9.17) is 0 Å². The molecular formula is C19H31N3O2. The number of fused-ring (bicyclic) bond motifs is 1. The molecular weight excluding hydrogens is 302 g/mol. The van der Waals surface area contributed by atoms with Gasteiger partial charge in [-0.15, -0.1) is 0 Å². The van der Waals surface area contributed by atoms with Gasteiger partial charge in [0.15, 0.2) is 0 Å². The third-order valence-corrected chi connectivity index (χ3v) is 4.63. The molecule has 0 saturated carbocycles. The number of likely N-dealkylation sites (N-methyl/N-ethyl adjacent to an activating group) is 1. The average molecular weight is 333 g/mol. The van der Waals surface area contributed by atoms with E-state index < -0.39 is 5.60 Å². The van der Waals surface area contributed by atoms with Crippen LogP contribution in [0, 0.1) is 0 Å². The van der Waals surface area contributed by atoms with Gasteiger partial charge < -0.3 is 15.3 Å². The van der Waals surface area contributed by atoms with Gasteiger partial charge in [0.05, 0.1) is 12.1 Å². The van der Waals surface area contributed by atoms with Crippen LogP contribution in [0.5, 0.6) is 0 Å². The van der Waals surface area contributed by atoms with E-state index in [1.165, 1.54) is 16.0 Å². The molecule has 1 aliphatic rings. The van der Waals surface area contributed by atoms with Crippen LogP contribution in [-0.2, 0) is 13.0 Å². The molecule has 1 aliphatic heterocycles. The van der Waals surface area contributed by atoms with E-state index in [9.17, 15) is 9.90 Å². The summed E-state index contributed by atoms with van der Waals surface area (Å²) in [5, 5.41) is 12.8. The van der Waals surface area contributed by atoms with Crippen LogP contribution in [0.1, 0.15) is 38.8 Å². The normalized spacial score (nSPS) is 15.8. The maximum Gasteiger partial charge on any atom is 0.317 e. The van der Waals surface area contributed by atoms with Crippen molar-refractivity contribution >= 4 is 6.03 Å². The Hall–Kier alpha value is -1.59. The highest BCUT2D eigenvalue weighted by Gasteiger charge is 2.30. The molecule has 0 saturated heterocycles. The number of carbonyl (C=O) groups excluding carboxylic acids is 1. The molecule has 2 N–H and O–H groups in total. The lowest BCUT2D eigenvalue weighted by atomic mass is 9.94. The SMILES string of the molecule is CN(CC(C)(C)O)C(=O)NCC(C)(C)N1CCc2ccccc2C1. The van der Waals surface area contributed by atoms with Gasteiger partial charge in [-0.2, -0.15) is 0 Å². The van der Waals surface area contributed by atoms with Crippen LogP contribution in [0.4, 0.5) is 4.79 Å². The Morgan fingerprint density at radius 1 is 1.25 bits per heavy atom. The number of nitrogens with zero attached hydrogens (tertiary/aromatic N) is 2. The predicted octanol–water partition coefficient (Wildman–Crippen LogP) is 2.24. The summed E-state index contributed by atoms with van der Waals surface area (Å²) >= 11 is 0. The summed E-state index contributed by atoms with van der Waals surface area (Å²) < 4.78 is 0. The molecule has 134 valence electrons. The van der Waals surface area contributed by atoms with Crippen LogP contribution in [0.2, 0.25) is 0 Å². The zero-order valence-electron chi connectivity index (χ0n) is 15.6. The topological polar surface area (TPSA) is 55.8 Å². The molecule has 1 aromatic rings. The lowest BCUT2D eigenvalue weighted by Crippen LogP contribution is -2.55. The Morgan fingerprint density at radius 2 is 1.88 bits per heavy atom. The summed E-state index contributed by atoms with van der Waals surface area (Å²) in [5.41, 5.74) is 1.79. The average Bonchev–Trinajstić information content (AvgIpc) is 2.50. The number of aliphatic hydroxyl groups is 1. The molecule has 0 fully saturated rings. The van der Waals surface area contributed by atoms with Crippen molar-refractivity contribution in [3.63, 3.8) is 0 Å². The first-order chi connectivity index (χ1) is 11.1. The second-order valence-corrected chi connectivity index (χ2v) is 8.08. The van der Waals surface area contributed by atoms with Gasteiger partial charge in [-0.05, 0) is 45.2 Å². The van der Waals surface area contributed by atoms with Crippen molar-refractivity contribution in [2.45, 2.75) is 51.8 Å². The molecule has 0 spiro atoms. The van der Waals surface area contributed by atoms with Gasteiger partial charge in [0.1, 0.15) is 0 Å². The quantitative estimate of drug-likeness (QED) is 0.869. The lowest BCUT2D eigenvalue weighted by molar-refractivity contribution is 0.0517. The molecule has 5 nitrogen and oxygen atoms in total. The predicted molar refractivity (Wildman–Crippen MR) is 97.0 cm³/mol. The van der Waals surface area contributed by atoms with Gasteiger partial charge in [-0.3, -0.25) is 4.90 Å². The first kappa shape index (κ1) is 18.7. The van der Waals surface area contributed by atoms with Crippen molar-refractivity contribution in [3.05, 3.63) is 35.4 Å². The minimum Gasteiger partial charge on any atom is -0.389 e.